The fourth-order valence-corrected chi connectivity index (χ4v) is 5.39. The van der Waals surface area contributed by atoms with Crippen molar-refractivity contribution in [3.05, 3.63) is 104 Å². The largest absolute Gasteiger partial charge is 0.368 e. The fraction of sp³-hybridized carbons (Fsp3) is 0.192. The maximum atomic E-state index is 13.5. The van der Waals surface area contributed by atoms with Gasteiger partial charge in [-0.05, 0) is 42.5 Å². The number of hydrogen-bond acceptors (Lipinski definition) is 7. The number of aromatic amines is 1. The number of amides is 2. The average molecular weight is 551 g/mol. The average Bonchev–Trinajstić information content (AvgIpc) is 3.63. The molecule has 0 spiro atoms. The lowest BCUT2D eigenvalue weighted by Gasteiger charge is -2.36. The Bertz CT molecular complexity index is 1450. The summed E-state index contributed by atoms with van der Waals surface area (Å²) in [5.41, 5.74) is 2.00. The molecule has 1 aliphatic heterocycles. The summed E-state index contributed by atoms with van der Waals surface area (Å²) >= 11 is 7.26. The third-order valence-corrected chi connectivity index (χ3v) is 7.56. The van der Waals surface area contributed by atoms with Crippen molar-refractivity contribution < 1.29 is 14.5 Å². The third kappa shape index (κ3) is 5.38. The van der Waals surface area contributed by atoms with E-state index in [9.17, 15) is 19.7 Å². The summed E-state index contributed by atoms with van der Waals surface area (Å²) < 4.78 is 0.592. The molecule has 1 saturated heterocycles. The first-order chi connectivity index (χ1) is 18.4. The van der Waals surface area contributed by atoms with Crippen LogP contribution in [-0.2, 0) is 6.54 Å². The molecular formula is C26H23ClN6O4S. The van der Waals surface area contributed by atoms with Crippen molar-refractivity contribution in [2.75, 3.05) is 36.0 Å². The van der Waals surface area contributed by atoms with Crippen LogP contribution in [0.4, 0.5) is 17.1 Å². The minimum Gasteiger partial charge on any atom is -0.368 e. The van der Waals surface area contributed by atoms with Crippen LogP contribution in [0.2, 0.25) is 4.34 Å². The number of anilines is 2. The topological polar surface area (TPSA) is 116 Å². The van der Waals surface area contributed by atoms with Crippen LogP contribution in [-0.4, -0.2) is 57.8 Å². The number of piperazine rings is 1. The molecule has 5 rings (SSSR count). The first kappa shape index (κ1) is 25.4. The summed E-state index contributed by atoms with van der Waals surface area (Å²) in [6, 6.07) is 16.9. The number of nitro benzene ring substituents is 1. The molecule has 12 heteroatoms. The van der Waals surface area contributed by atoms with Gasteiger partial charge in [-0.25, -0.2) is 4.98 Å². The van der Waals surface area contributed by atoms with E-state index in [1.165, 1.54) is 40.8 Å². The molecule has 3 heterocycles. The zero-order chi connectivity index (χ0) is 26.6. The Morgan fingerprint density at radius 1 is 1.05 bits per heavy atom. The number of para-hydroxylation sites is 1. The molecule has 4 aromatic rings. The minimum absolute atomic E-state index is 0.00825. The van der Waals surface area contributed by atoms with Crippen molar-refractivity contribution in [1.29, 1.82) is 0 Å². The van der Waals surface area contributed by atoms with E-state index in [0.717, 1.165) is 5.69 Å². The quantitative estimate of drug-likeness (QED) is 0.260. The van der Waals surface area contributed by atoms with Crippen molar-refractivity contribution in [2.45, 2.75) is 6.54 Å². The number of hydrogen-bond donors (Lipinski definition) is 1. The van der Waals surface area contributed by atoms with Gasteiger partial charge in [0.15, 0.2) is 0 Å². The first-order valence-electron chi connectivity index (χ1n) is 11.8. The first-order valence-corrected chi connectivity index (χ1v) is 13.0. The van der Waals surface area contributed by atoms with Crippen molar-refractivity contribution >= 4 is 51.8 Å². The number of H-pyrrole nitrogens is 1. The Morgan fingerprint density at radius 3 is 2.42 bits per heavy atom. The van der Waals surface area contributed by atoms with E-state index in [0.29, 0.717) is 46.8 Å². The zero-order valence-electron chi connectivity index (χ0n) is 20.1. The molecule has 194 valence electrons. The normalized spacial score (nSPS) is 13.4. The van der Waals surface area contributed by atoms with Gasteiger partial charge in [0.25, 0.3) is 17.5 Å². The lowest BCUT2D eigenvalue weighted by molar-refractivity contribution is -0.385. The van der Waals surface area contributed by atoms with E-state index < -0.39 is 10.8 Å². The van der Waals surface area contributed by atoms with Gasteiger partial charge in [-0.2, -0.15) is 0 Å². The molecular weight excluding hydrogens is 528 g/mol. The Labute approximate surface area is 227 Å². The number of halogens is 1. The Morgan fingerprint density at radius 2 is 1.79 bits per heavy atom. The summed E-state index contributed by atoms with van der Waals surface area (Å²) in [6.45, 7) is 2.66. The van der Waals surface area contributed by atoms with E-state index >= 15 is 0 Å². The van der Waals surface area contributed by atoms with Gasteiger partial charge in [0.1, 0.15) is 5.56 Å². The molecule has 2 aromatic heterocycles. The van der Waals surface area contributed by atoms with Crippen molar-refractivity contribution in [1.82, 2.24) is 14.9 Å². The number of nitrogens with one attached hydrogen (secondary N) is 1. The number of nitro groups is 1. The maximum Gasteiger partial charge on any atom is 0.282 e. The highest BCUT2D eigenvalue weighted by Gasteiger charge is 2.27. The number of benzene rings is 2. The van der Waals surface area contributed by atoms with E-state index in [2.05, 4.69) is 14.9 Å². The molecule has 0 atom stereocenters. The molecule has 0 aliphatic carbocycles. The number of rotatable bonds is 7. The highest BCUT2D eigenvalue weighted by Crippen LogP contribution is 2.28. The molecule has 1 N–H and O–H groups in total. The smallest absolute Gasteiger partial charge is 0.282 e. The molecule has 38 heavy (non-hydrogen) atoms. The SMILES string of the molecule is O=C(c1ccc(Cl)s1)N1CCN(c2ccc(N(Cc3cnc[nH]3)C(=O)c3ccccc3[N+](=O)[O-])cc2)CC1. The van der Waals surface area contributed by atoms with Gasteiger partial charge in [0.2, 0.25) is 0 Å². The number of aromatic nitrogens is 2. The molecule has 2 aromatic carbocycles. The summed E-state index contributed by atoms with van der Waals surface area (Å²) in [5.74, 6) is -0.500. The number of imidazole rings is 1. The molecule has 0 radical (unpaired) electrons. The standard InChI is InChI=1S/C26H23ClN6O4S/c27-24-10-9-23(38-24)26(35)31-13-11-30(12-14-31)19-5-7-20(8-6-19)32(16-18-15-28-17-29-18)25(34)21-3-1-2-4-22(21)33(36)37/h1-10,15,17H,11-14,16H2,(H,28,29). The van der Waals surface area contributed by atoms with Crippen LogP contribution in [0.15, 0.2) is 73.2 Å². The lowest BCUT2D eigenvalue weighted by Crippen LogP contribution is -2.48. The summed E-state index contributed by atoms with van der Waals surface area (Å²) in [7, 11) is 0. The van der Waals surface area contributed by atoms with Gasteiger partial charge in [0.05, 0.1) is 32.7 Å². The van der Waals surface area contributed by atoms with Gasteiger partial charge in [-0.3, -0.25) is 19.7 Å². The fourth-order valence-electron chi connectivity index (χ4n) is 4.38. The van der Waals surface area contributed by atoms with Gasteiger partial charge in [-0.15, -0.1) is 11.3 Å². The molecule has 1 aliphatic rings. The summed E-state index contributed by atoms with van der Waals surface area (Å²) in [6.07, 6.45) is 3.13. The highest BCUT2D eigenvalue weighted by molar-refractivity contribution is 7.17. The number of nitrogens with zero attached hydrogens (tertiary/aromatic N) is 5. The van der Waals surface area contributed by atoms with Crippen molar-refractivity contribution in [2.24, 2.45) is 0 Å². The second kappa shape index (κ2) is 11.0. The Kier molecular flexibility index (Phi) is 7.38. The molecule has 2 amide bonds. The number of carbonyl (C=O) groups excluding carboxylic acids is 2. The molecule has 0 saturated carbocycles. The van der Waals surface area contributed by atoms with Gasteiger partial charge < -0.3 is 19.7 Å². The van der Waals surface area contributed by atoms with E-state index in [1.54, 1.807) is 24.4 Å². The highest BCUT2D eigenvalue weighted by atomic mass is 35.5. The zero-order valence-corrected chi connectivity index (χ0v) is 21.7. The van der Waals surface area contributed by atoms with E-state index in [1.807, 2.05) is 29.2 Å². The van der Waals surface area contributed by atoms with Crippen molar-refractivity contribution in [3.8, 4) is 0 Å². The molecule has 0 unspecified atom stereocenters. The van der Waals surface area contributed by atoms with Crippen LogP contribution >= 0.6 is 22.9 Å². The van der Waals surface area contributed by atoms with Crippen LogP contribution in [0.25, 0.3) is 0 Å². The number of carbonyl (C=O) groups is 2. The van der Waals surface area contributed by atoms with Crippen molar-refractivity contribution in [3.63, 3.8) is 0 Å². The molecule has 10 nitrogen and oxygen atoms in total. The molecule has 0 bridgehead atoms. The van der Waals surface area contributed by atoms with Crippen LogP contribution in [0.5, 0.6) is 0 Å². The van der Waals surface area contributed by atoms with Gasteiger partial charge in [-0.1, -0.05) is 23.7 Å². The second-order valence-corrected chi connectivity index (χ2v) is 10.4. The monoisotopic (exact) mass is 550 g/mol. The van der Waals surface area contributed by atoms with Gasteiger partial charge in [0, 0.05) is 49.8 Å². The Hall–Kier alpha value is -4.22. The van der Waals surface area contributed by atoms with Crippen LogP contribution in [0, 0.1) is 10.1 Å². The van der Waals surface area contributed by atoms with Crippen LogP contribution in [0.1, 0.15) is 25.7 Å². The van der Waals surface area contributed by atoms with Gasteiger partial charge >= 0.3 is 0 Å². The van der Waals surface area contributed by atoms with E-state index in [-0.39, 0.29) is 23.7 Å². The maximum absolute atomic E-state index is 13.5. The predicted octanol–water partition coefficient (Wildman–Crippen LogP) is 4.84. The minimum atomic E-state index is -0.553. The van der Waals surface area contributed by atoms with E-state index in [4.69, 9.17) is 11.6 Å². The second-order valence-electron chi connectivity index (χ2n) is 8.64. The summed E-state index contributed by atoms with van der Waals surface area (Å²) in [5, 5.41) is 11.6. The third-order valence-electron chi connectivity index (χ3n) is 6.34. The lowest BCUT2D eigenvalue weighted by atomic mass is 10.1. The summed E-state index contributed by atoms with van der Waals surface area (Å²) in [4.78, 5) is 50.4. The number of thiophene rings is 1. The van der Waals surface area contributed by atoms with Crippen LogP contribution in [0.3, 0.4) is 0 Å². The predicted molar refractivity (Wildman–Crippen MR) is 146 cm³/mol. The Balaban J connectivity index is 1.33. The van der Waals surface area contributed by atoms with Crippen LogP contribution < -0.4 is 9.80 Å². The molecule has 1 fully saturated rings.